The zero-order valence-corrected chi connectivity index (χ0v) is 10.9. The van der Waals surface area contributed by atoms with Crippen LogP contribution < -0.4 is 5.32 Å². The van der Waals surface area contributed by atoms with Crippen LogP contribution in [0.15, 0.2) is 47.1 Å². The first-order chi connectivity index (χ1) is 8.16. The molecular formula is C13H11BrN2O. The Bertz CT molecular complexity index is 555. The molecule has 0 fully saturated rings. The van der Waals surface area contributed by atoms with Crippen LogP contribution in [0.5, 0.6) is 0 Å². The highest BCUT2D eigenvalue weighted by Crippen LogP contribution is 2.17. The van der Waals surface area contributed by atoms with Crippen molar-refractivity contribution in [2.45, 2.75) is 6.92 Å². The van der Waals surface area contributed by atoms with Crippen LogP contribution >= 0.6 is 15.9 Å². The first kappa shape index (κ1) is 11.8. The SMILES string of the molecule is Cc1cc(NC(=O)c2ccccc2Br)ccn1. The topological polar surface area (TPSA) is 42.0 Å². The highest BCUT2D eigenvalue weighted by atomic mass is 79.9. The predicted octanol–water partition coefficient (Wildman–Crippen LogP) is 3.40. The Morgan fingerprint density at radius 3 is 2.76 bits per heavy atom. The number of amides is 1. The molecule has 1 aromatic carbocycles. The van der Waals surface area contributed by atoms with Gasteiger partial charge >= 0.3 is 0 Å². The minimum absolute atomic E-state index is 0.136. The molecule has 0 saturated carbocycles. The van der Waals surface area contributed by atoms with Crippen LogP contribution in [0.3, 0.4) is 0 Å². The van der Waals surface area contributed by atoms with E-state index >= 15 is 0 Å². The summed E-state index contributed by atoms with van der Waals surface area (Å²) in [5.41, 5.74) is 2.23. The Morgan fingerprint density at radius 2 is 2.06 bits per heavy atom. The van der Waals surface area contributed by atoms with Gasteiger partial charge in [-0.3, -0.25) is 9.78 Å². The molecule has 0 aliphatic heterocycles. The van der Waals surface area contributed by atoms with Crippen LogP contribution in [0.2, 0.25) is 0 Å². The van der Waals surface area contributed by atoms with E-state index in [2.05, 4.69) is 26.2 Å². The molecule has 0 spiro atoms. The van der Waals surface area contributed by atoms with Gasteiger partial charge in [-0.1, -0.05) is 12.1 Å². The number of pyridine rings is 1. The first-order valence-electron chi connectivity index (χ1n) is 5.15. The summed E-state index contributed by atoms with van der Waals surface area (Å²) in [4.78, 5) is 16.1. The van der Waals surface area contributed by atoms with E-state index in [1.807, 2.05) is 31.2 Å². The van der Waals surface area contributed by atoms with Crippen molar-refractivity contribution in [3.63, 3.8) is 0 Å². The molecule has 0 aliphatic carbocycles. The van der Waals surface area contributed by atoms with Crippen molar-refractivity contribution in [3.8, 4) is 0 Å². The Kier molecular flexibility index (Phi) is 3.54. The maximum atomic E-state index is 12.0. The molecule has 1 aromatic heterocycles. The zero-order valence-electron chi connectivity index (χ0n) is 9.27. The number of rotatable bonds is 2. The number of nitrogens with one attached hydrogen (secondary N) is 1. The summed E-state index contributed by atoms with van der Waals surface area (Å²) < 4.78 is 0.781. The Balaban J connectivity index is 2.20. The zero-order chi connectivity index (χ0) is 12.3. The number of carbonyl (C=O) groups excluding carboxylic acids is 1. The molecule has 86 valence electrons. The largest absolute Gasteiger partial charge is 0.322 e. The van der Waals surface area contributed by atoms with Gasteiger partial charge in [-0.25, -0.2) is 0 Å². The van der Waals surface area contributed by atoms with Gasteiger partial charge in [0.15, 0.2) is 0 Å². The van der Waals surface area contributed by atoms with E-state index in [1.54, 1.807) is 18.3 Å². The van der Waals surface area contributed by atoms with E-state index in [-0.39, 0.29) is 5.91 Å². The number of anilines is 1. The molecule has 1 heterocycles. The smallest absolute Gasteiger partial charge is 0.256 e. The summed E-state index contributed by atoms with van der Waals surface area (Å²) in [6.07, 6.45) is 1.67. The Hall–Kier alpha value is -1.68. The van der Waals surface area contributed by atoms with Crippen molar-refractivity contribution < 1.29 is 4.79 Å². The summed E-state index contributed by atoms with van der Waals surface area (Å²) in [5, 5.41) is 2.83. The van der Waals surface area contributed by atoms with E-state index in [4.69, 9.17) is 0 Å². The number of nitrogens with zero attached hydrogens (tertiary/aromatic N) is 1. The lowest BCUT2D eigenvalue weighted by molar-refractivity contribution is 0.102. The highest BCUT2D eigenvalue weighted by Gasteiger charge is 2.09. The molecule has 1 N–H and O–H groups in total. The average Bonchev–Trinajstić information content (AvgIpc) is 2.29. The second-order valence-electron chi connectivity index (χ2n) is 3.62. The van der Waals surface area contributed by atoms with Gasteiger partial charge in [-0.2, -0.15) is 0 Å². The van der Waals surface area contributed by atoms with Gasteiger partial charge in [0.05, 0.1) is 5.56 Å². The van der Waals surface area contributed by atoms with Crippen molar-refractivity contribution in [2.24, 2.45) is 0 Å². The molecular weight excluding hydrogens is 280 g/mol. The molecule has 1 amide bonds. The number of halogens is 1. The molecule has 0 radical (unpaired) electrons. The monoisotopic (exact) mass is 290 g/mol. The molecule has 2 aromatic rings. The molecule has 2 rings (SSSR count). The third-order valence-electron chi connectivity index (χ3n) is 2.27. The van der Waals surface area contributed by atoms with Crippen LogP contribution in [0.1, 0.15) is 16.1 Å². The second-order valence-corrected chi connectivity index (χ2v) is 4.47. The van der Waals surface area contributed by atoms with E-state index in [0.29, 0.717) is 5.56 Å². The van der Waals surface area contributed by atoms with Crippen molar-refractivity contribution in [1.82, 2.24) is 4.98 Å². The second kappa shape index (κ2) is 5.10. The third-order valence-corrected chi connectivity index (χ3v) is 2.96. The van der Waals surface area contributed by atoms with Crippen LogP contribution in [0, 0.1) is 6.92 Å². The van der Waals surface area contributed by atoms with Gasteiger partial charge < -0.3 is 5.32 Å². The Labute approximate surface area is 108 Å². The average molecular weight is 291 g/mol. The lowest BCUT2D eigenvalue weighted by Gasteiger charge is -2.06. The molecule has 3 nitrogen and oxygen atoms in total. The molecule has 0 saturated heterocycles. The fraction of sp³-hybridized carbons (Fsp3) is 0.0769. The number of hydrogen-bond acceptors (Lipinski definition) is 2. The fourth-order valence-corrected chi connectivity index (χ4v) is 1.93. The van der Waals surface area contributed by atoms with E-state index in [0.717, 1.165) is 15.9 Å². The highest BCUT2D eigenvalue weighted by molar-refractivity contribution is 9.10. The molecule has 0 bridgehead atoms. The fourth-order valence-electron chi connectivity index (χ4n) is 1.47. The predicted molar refractivity (Wildman–Crippen MR) is 71.1 cm³/mol. The lowest BCUT2D eigenvalue weighted by atomic mass is 10.2. The van der Waals surface area contributed by atoms with E-state index in [9.17, 15) is 4.79 Å². The lowest BCUT2D eigenvalue weighted by Crippen LogP contribution is -2.12. The summed E-state index contributed by atoms with van der Waals surface area (Å²) in [6.45, 7) is 1.88. The van der Waals surface area contributed by atoms with Gasteiger partial charge in [-0.05, 0) is 47.1 Å². The molecule has 17 heavy (non-hydrogen) atoms. The van der Waals surface area contributed by atoms with Gasteiger partial charge in [0.25, 0.3) is 5.91 Å². The van der Waals surface area contributed by atoms with Crippen LogP contribution in [-0.2, 0) is 0 Å². The third kappa shape index (κ3) is 2.91. The quantitative estimate of drug-likeness (QED) is 0.921. The number of aromatic nitrogens is 1. The van der Waals surface area contributed by atoms with Gasteiger partial charge in [-0.15, -0.1) is 0 Å². The normalized spacial score (nSPS) is 10.0. The molecule has 4 heteroatoms. The van der Waals surface area contributed by atoms with Gasteiger partial charge in [0.2, 0.25) is 0 Å². The summed E-state index contributed by atoms with van der Waals surface area (Å²) in [6, 6.07) is 10.9. The van der Waals surface area contributed by atoms with Crippen molar-refractivity contribution >= 4 is 27.5 Å². The van der Waals surface area contributed by atoms with Crippen molar-refractivity contribution in [3.05, 3.63) is 58.3 Å². The van der Waals surface area contributed by atoms with Crippen LogP contribution in [0.25, 0.3) is 0 Å². The Morgan fingerprint density at radius 1 is 1.29 bits per heavy atom. The van der Waals surface area contributed by atoms with Gasteiger partial charge in [0, 0.05) is 22.1 Å². The maximum absolute atomic E-state index is 12.0. The number of aryl methyl sites for hydroxylation is 1. The minimum atomic E-state index is -0.136. The summed E-state index contributed by atoms with van der Waals surface area (Å²) in [7, 11) is 0. The van der Waals surface area contributed by atoms with Crippen molar-refractivity contribution in [1.29, 1.82) is 0 Å². The maximum Gasteiger partial charge on any atom is 0.256 e. The summed E-state index contributed by atoms with van der Waals surface area (Å²) in [5.74, 6) is -0.136. The molecule has 0 atom stereocenters. The first-order valence-corrected chi connectivity index (χ1v) is 5.94. The minimum Gasteiger partial charge on any atom is -0.322 e. The molecule has 0 aliphatic rings. The number of hydrogen-bond donors (Lipinski definition) is 1. The number of carbonyl (C=O) groups is 1. The van der Waals surface area contributed by atoms with Crippen LogP contribution in [-0.4, -0.2) is 10.9 Å². The molecule has 0 unspecified atom stereocenters. The van der Waals surface area contributed by atoms with E-state index < -0.39 is 0 Å². The standard InChI is InChI=1S/C13H11BrN2O/c1-9-8-10(6-7-15-9)16-13(17)11-4-2-3-5-12(11)14/h2-8H,1H3,(H,15,16,17). The van der Waals surface area contributed by atoms with Crippen LogP contribution in [0.4, 0.5) is 5.69 Å². The van der Waals surface area contributed by atoms with E-state index in [1.165, 1.54) is 0 Å². The summed E-state index contributed by atoms with van der Waals surface area (Å²) >= 11 is 3.35. The van der Waals surface area contributed by atoms with Gasteiger partial charge in [0.1, 0.15) is 0 Å². The number of benzene rings is 1. The van der Waals surface area contributed by atoms with Crippen molar-refractivity contribution in [2.75, 3.05) is 5.32 Å².